The van der Waals surface area contributed by atoms with Crippen LogP contribution in [0.4, 0.5) is 0 Å². The zero-order chi connectivity index (χ0) is 39.5. The Kier molecular flexibility index (Phi) is 8.08. The van der Waals surface area contributed by atoms with Crippen LogP contribution in [0.2, 0.25) is 0 Å². The third-order valence-electron chi connectivity index (χ3n) is 11.0. The largest absolute Gasteiger partial charge is 0.455 e. The van der Waals surface area contributed by atoms with Gasteiger partial charge in [-0.1, -0.05) is 152 Å². The molecular formula is C53H34N4O2. The van der Waals surface area contributed by atoms with Gasteiger partial charge in [-0.25, -0.2) is 19.9 Å². The van der Waals surface area contributed by atoms with Crippen LogP contribution in [0.5, 0.6) is 0 Å². The molecule has 59 heavy (non-hydrogen) atoms. The van der Waals surface area contributed by atoms with Gasteiger partial charge >= 0.3 is 0 Å². The number of hydrogen-bond donors (Lipinski definition) is 0. The second-order valence-electron chi connectivity index (χ2n) is 14.6. The molecule has 0 N–H and O–H groups in total. The van der Waals surface area contributed by atoms with Gasteiger partial charge in [-0.15, -0.1) is 0 Å². The van der Waals surface area contributed by atoms with Gasteiger partial charge in [0.1, 0.15) is 22.5 Å². The number of benzene rings is 7. The standard InChI is InChI=1S/C53H34N4O2/c1-3-15-40-39-20-10-13-24-45(39)58-49(40)32(2)36-30-31-41(38-19-8-7-18-37(36)38)53-56-51(34-16-5-4-6-17-34)55-52(57-53)35-28-26-33(27-29-35)48-47-43-22-11-14-25-46(43)59-50(47)42-21-9-12-23-44(42)54-48/h3-31H,2H2,1H3/b15-3-. The first-order valence-corrected chi connectivity index (χ1v) is 19.6. The number of hydrogen-bond acceptors (Lipinski definition) is 6. The number of fused-ring (bicyclic) bond motifs is 7. The van der Waals surface area contributed by atoms with Crippen LogP contribution in [0.3, 0.4) is 0 Å². The number of aromatic nitrogens is 4. The molecule has 278 valence electrons. The van der Waals surface area contributed by atoms with E-state index >= 15 is 0 Å². The van der Waals surface area contributed by atoms with E-state index in [1.54, 1.807) is 0 Å². The maximum absolute atomic E-state index is 6.46. The second kappa shape index (κ2) is 13.9. The number of nitrogens with zero attached hydrogens (tertiary/aromatic N) is 4. The number of para-hydroxylation sites is 3. The van der Waals surface area contributed by atoms with Gasteiger partial charge in [-0.2, -0.15) is 0 Å². The molecule has 4 aromatic heterocycles. The third kappa shape index (κ3) is 5.72. The maximum Gasteiger partial charge on any atom is 0.164 e. The maximum atomic E-state index is 6.46. The van der Waals surface area contributed by atoms with Gasteiger partial charge < -0.3 is 8.83 Å². The Labute approximate surface area is 339 Å². The zero-order valence-corrected chi connectivity index (χ0v) is 32.1. The normalized spacial score (nSPS) is 11.8. The summed E-state index contributed by atoms with van der Waals surface area (Å²) in [6.45, 7) is 6.60. The van der Waals surface area contributed by atoms with Gasteiger partial charge in [-0.05, 0) is 53.6 Å². The predicted molar refractivity (Wildman–Crippen MR) is 241 cm³/mol. The number of furan rings is 2. The first-order valence-electron chi connectivity index (χ1n) is 19.6. The van der Waals surface area contributed by atoms with Gasteiger partial charge in [-0.3, -0.25) is 0 Å². The fourth-order valence-corrected chi connectivity index (χ4v) is 8.24. The molecule has 0 amide bonds. The minimum atomic E-state index is 0.571. The third-order valence-corrected chi connectivity index (χ3v) is 11.0. The minimum absolute atomic E-state index is 0.571. The van der Waals surface area contributed by atoms with Crippen molar-refractivity contribution in [3.63, 3.8) is 0 Å². The Morgan fingerprint density at radius 2 is 1.07 bits per heavy atom. The molecule has 0 aliphatic carbocycles. The lowest BCUT2D eigenvalue weighted by atomic mass is 9.92. The number of pyridine rings is 1. The van der Waals surface area contributed by atoms with Crippen molar-refractivity contribution >= 4 is 66.2 Å². The van der Waals surface area contributed by atoms with Gasteiger partial charge in [0.05, 0.1) is 16.6 Å². The molecular weight excluding hydrogens is 725 g/mol. The SMILES string of the molecule is C=C(c1oc2ccccc2c1/C=C\C)c1ccc(-c2nc(-c3ccccc3)nc(-c3ccc(-c4nc5ccccc5c5oc6ccccc6c45)cc3)n2)c2ccccc12. The summed E-state index contributed by atoms with van der Waals surface area (Å²) in [4.78, 5) is 20.5. The van der Waals surface area contributed by atoms with E-state index in [0.717, 1.165) is 105 Å². The Balaban J connectivity index is 1.05. The average Bonchev–Trinajstić information content (AvgIpc) is 3.88. The predicted octanol–water partition coefficient (Wildman–Crippen LogP) is 14.0. The summed E-state index contributed by atoms with van der Waals surface area (Å²) >= 11 is 0. The lowest BCUT2D eigenvalue weighted by Gasteiger charge is -2.14. The van der Waals surface area contributed by atoms with E-state index in [2.05, 4.69) is 85.5 Å². The van der Waals surface area contributed by atoms with E-state index in [4.69, 9.17) is 28.8 Å². The average molecular weight is 759 g/mol. The second-order valence-corrected chi connectivity index (χ2v) is 14.6. The van der Waals surface area contributed by atoms with E-state index in [1.165, 1.54) is 0 Å². The van der Waals surface area contributed by atoms with Gasteiger partial charge in [0.25, 0.3) is 0 Å². The van der Waals surface area contributed by atoms with E-state index in [9.17, 15) is 0 Å². The summed E-state index contributed by atoms with van der Waals surface area (Å²) < 4.78 is 12.9. The smallest absolute Gasteiger partial charge is 0.164 e. The summed E-state index contributed by atoms with van der Waals surface area (Å²) in [6.07, 6.45) is 4.12. The summed E-state index contributed by atoms with van der Waals surface area (Å²) in [7, 11) is 0. The zero-order valence-electron chi connectivity index (χ0n) is 32.1. The van der Waals surface area contributed by atoms with Crippen molar-refractivity contribution in [2.75, 3.05) is 0 Å². The van der Waals surface area contributed by atoms with Crippen LogP contribution in [0, 0.1) is 0 Å². The number of rotatable bonds is 7. The highest BCUT2D eigenvalue weighted by Gasteiger charge is 2.21. The highest BCUT2D eigenvalue weighted by atomic mass is 16.3. The Morgan fingerprint density at radius 1 is 0.492 bits per heavy atom. The molecule has 0 unspecified atom stereocenters. The Hall–Kier alpha value is -7.96. The first-order chi connectivity index (χ1) is 29.1. The minimum Gasteiger partial charge on any atom is -0.455 e. The van der Waals surface area contributed by atoms with Crippen LogP contribution in [0.1, 0.15) is 23.8 Å². The van der Waals surface area contributed by atoms with E-state index in [1.807, 2.05) is 104 Å². The quantitative estimate of drug-likeness (QED) is 0.161. The van der Waals surface area contributed by atoms with Crippen LogP contribution >= 0.6 is 0 Å². The van der Waals surface area contributed by atoms with Crippen LogP contribution in [-0.4, -0.2) is 19.9 Å². The lowest BCUT2D eigenvalue weighted by molar-refractivity contribution is 0.600. The molecule has 0 saturated heterocycles. The fourth-order valence-electron chi connectivity index (χ4n) is 8.24. The molecule has 0 spiro atoms. The van der Waals surface area contributed by atoms with Crippen LogP contribution in [0.15, 0.2) is 185 Å². The van der Waals surface area contributed by atoms with Crippen molar-refractivity contribution < 1.29 is 8.83 Å². The van der Waals surface area contributed by atoms with Crippen LogP contribution < -0.4 is 0 Å². The molecule has 0 saturated carbocycles. The summed E-state index contributed by atoms with van der Waals surface area (Å²) in [5, 5.41) is 6.10. The fraction of sp³-hybridized carbons (Fsp3) is 0.0189. The molecule has 0 radical (unpaired) electrons. The molecule has 6 nitrogen and oxygen atoms in total. The first kappa shape index (κ1) is 34.3. The Morgan fingerprint density at radius 3 is 1.81 bits per heavy atom. The molecule has 0 aliphatic heterocycles. The van der Waals surface area contributed by atoms with Crippen molar-refractivity contribution in [1.29, 1.82) is 0 Å². The van der Waals surface area contributed by atoms with E-state index in [0.29, 0.717) is 17.5 Å². The monoisotopic (exact) mass is 758 g/mol. The molecule has 6 heteroatoms. The van der Waals surface area contributed by atoms with Crippen molar-refractivity contribution in [3.8, 4) is 45.4 Å². The topological polar surface area (TPSA) is 77.8 Å². The van der Waals surface area contributed by atoms with E-state index in [-0.39, 0.29) is 0 Å². The summed E-state index contributed by atoms with van der Waals surface area (Å²) in [5.74, 6) is 2.49. The molecule has 11 aromatic rings. The molecule has 11 rings (SSSR count). The molecule has 7 aromatic carbocycles. The lowest BCUT2D eigenvalue weighted by Crippen LogP contribution is -2.01. The van der Waals surface area contributed by atoms with Crippen molar-refractivity contribution in [2.45, 2.75) is 6.92 Å². The summed E-state index contributed by atoms with van der Waals surface area (Å²) in [6, 6.07) is 55.3. The molecule has 4 heterocycles. The van der Waals surface area contributed by atoms with Gasteiger partial charge in [0.2, 0.25) is 0 Å². The molecule has 0 atom stereocenters. The molecule has 0 bridgehead atoms. The van der Waals surface area contributed by atoms with E-state index < -0.39 is 0 Å². The number of allylic oxidation sites excluding steroid dienone is 1. The Bertz CT molecular complexity index is 3470. The highest BCUT2D eigenvalue weighted by Crippen LogP contribution is 2.41. The van der Waals surface area contributed by atoms with Crippen molar-refractivity contribution in [2.24, 2.45) is 0 Å². The molecule has 0 aliphatic rings. The molecule has 0 fully saturated rings. The van der Waals surface area contributed by atoms with Gasteiger partial charge in [0.15, 0.2) is 17.5 Å². The van der Waals surface area contributed by atoms with Gasteiger partial charge in [0, 0.05) is 49.5 Å². The van der Waals surface area contributed by atoms with Crippen LogP contribution in [0.25, 0.3) is 112 Å². The van der Waals surface area contributed by atoms with Crippen molar-refractivity contribution in [1.82, 2.24) is 19.9 Å². The highest BCUT2D eigenvalue weighted by molar-refractivity contribution is 6.19. The van der Waals surface area contributed by atoms with Crippen molar-refractivity contribution in [3.05, 3.63) is 193 Å². The summed E-state index contributed by atoms with van der Waals surface area (Å²) in [5.41, 5.74) is 10.7. The van der Waals surface area contributed by atoms with Crippen LogP contribution in [-0.2, 0) is 0 Å².